The average Bonchev–Trinajstić information content (AvgIpc) is 2.94. The number of rotatable bonds is 6. The van der Waals surface area contributed by atoms with Gasteiger partial charge in [0.25, 0.3) is 0 Å². The Morgan fingerprint density at radius 3 is 2.70 bits per heavy atom. The first-order valence-corrected chi connectivity index (χ1v) is 9.69. The Kier molecular flexibility index (Phi) is 10.7. The largest absolute Gasteiger partial charge is 0.356 e. The molecule has 0 atom stereocenters. The van der Waals surface area contributed by atoms with Crippen molar-refractivity contribution in [2.75, 3.05) is 33.2 Å². The van der Waals surface area contributed by atoms with Crippen molar-refractivity contribution < 1.29 is 0 Å². The number of aliphatic imine (C=N–C) groups is 1. The Morgan fingerprint density at radius 1 is 1.35 bits per heavy atom. The van der Waals surface area contributed by atoms with Crippen molar-refractivity contribution in [2.45, 2.75) is 32.7 Å². The Bertz CT molecular complexity index is 472. The lowest BCUT2D eigenvalue weighted by Crippen LogP contribution is -2.39. The molecule has 1 aliphatic rings. The molecule has 0 amide bonds. The molecular formula is C16H28BrIN4S. The summed E-state index contributed by atoms with van der Waals surface area (Å²) in [5, 5.41) is 6.76. The summed E-state index contributed by atoms with van der Waals surface area (Å²) < 4.78 is 1.17. The van der Waals surface area contributed by atoms with Crippen molar-refractivity contribution in [2.24, 2.45) is 10.9 Å². The number of likely N-dealkylation sites (tertiary alicyclic amines) is 1. The fourth-order valence-corrected chi connectivity index (χ4v) is 4.06. The minimum absolute atomic E-state index is 0. The number of thiophene rings is 1. The van der Waals surface area contributed by atoms with Gasteiger partial charge in [-0.15, -0.1) is 35.3 Å². The van der Waals surface area contributed by atoms with Crippen LogP contribution in [0.3, 0.4) is 0 Å². The minimum Gasteiger partial charge on any atom is -0.356 e. The van der Waals surface area contributed by atoms with E-state index in [1.54, 1.807) is 11.3 Å². The highest BCUT2D eigenvalue weighted by molar-refractivity contribution is 14.0. The number of nitrogens with one attached hydrogen (secondary N) is 2. The molecule has 0 bridgehead atoms. The smallest absolute Gasteiger partial charge is 0.191 e. The summed E-state index contributed by atoms with van der Waals surface area (Å²) in [6, 6.07) is 4.21. The van der Waals surface area contributed by atoms with Crippen LogP contribution in [0.1, 0.15) is 31.1 Å². The van der Waals surface area contributed by atoms with E-state index in [-0.39, 0.29) is 24.0 Å². The summed E-state index contributed by atoms with van der Waals surface area (Å²) in [4.78, 5) is 8.17. The SMILES string of the molecule is CN=C(NCCCN1CCC(C)CC1)NCc1ccc(Br)s1.I. The third-order valence-electron chi connectivity index (χ3n) is 4.10. The van der Waals surface area contributed by atoms with E-state index in [0.29, 0.717) is 0 Å². The maximum absolute atomic E-state index is 4.28. The molecule has 7 heteroatoms. The number of piperidine rings is 1. The molecule has 2 heterocycles. The van der Waals surface area contributed by atoms with E-state index < -0.39 is 0 Å². The highest BCUT2D eigenvalue weighted by Crippen LogP contribution is 2.21. The second-order valence-electron chi connectivity index (χ2n) is 5.94. The quantitative estimate of drug-likeness (QED) is 0.261. The fraction of sp³-hybridized carbons (Fsp3) is 0.688. The summed E-state index contributed by atoms with van der Waals surface area (Å²) in [6.45, 7) is 7.87. The maximum atomic E-state index is 4.28. The molecule has 1 aliphatic heterocycles. The van der Waals surface area contributed by atoms with Crippen molar-refractivity contribution in [3.63, 3.8) is 0 Å². The first-order valence-electron chi connectivity index (χ1n) is 8.08. The third-order valence-corrected chi connectivity index (χ3v) is 5.73. The predicted molar refractivity (Wildman–Crippen MR) is 115 cm³/mol. The maximum Gasteiger partial charge on any atom is 0.191 e. The number of guanidine groups is 1. The van der Waals surface area contributed by atoms with Crippen LogP contribution in [-0.2, 0) is 6.54 Å². The summed E-state index contributed by atoms with van der Waals surface area (Å²) >= 11 is 5.24. The van der Waals surface area contributed by atoms with Crippen LogP contribution in [0, 0.1) is 5.92 Å². The molecule has 0 radical (unpaired) electrons. The molecule has 2 rings (SSSR count). The van der Waals surface area contributed by atoms with Crippen molar-refractivity contribution in [3.8, 4) is 0 Å². The van der Waals surface area contributed by atoms with Crippen molar-refractivity contribution in [1.82, 2.24) is 15.5 Å². The van der Waals surface area contributed by atoms with Crippen molar-refractivity contribution in [1.29, 1.82) is 0 Å². The zero-order valence-corrected chi connectivity index (χ0v) is 18.7. The van der Waals surface area contributed by atoms with Crippen molar-refractivity contribution >= 4 is 57.2 Å². The van der Waals surface area contributed by atoms with Gasteiger partial charge in [-0.25, -0.2) is 0 Å². The van der Waals surface area contributed by atoms with Gasteiger partial charge in [0.05, 0.1) is 10.3 Å². The van der Waals surface area contributed by atoms with Gasteiger partial charge < -0.3 is 15.5 Å². The van der Waals surface area contributed by atoms with Crippen LogP contribution in [0.5, 0.6) is 0 Å². The van der Waals surface area contributed by atoms with E-state index in [4.69, 9.17) is 0 Å². The van der Waals surface area contributed by atoms with Gasteiger partial charge in [0.2, 0.25) is 0 Å². The van der Waals surface area contributed by atoms with E-state index in [2.05, 4.69) is 55.5 Å². The molecule has 2 N–H and O–H groups in total. The van der Waals surface area contributed by atoms with Gasteiger partial charge in [-0.2, -0.15) is 0 Å². The van der Waals surface area contributed by atoms with Crippen LogP contribution < -0.4 is 10.6 Å². The highest BCUT2D eigenvalue weighted by Gasteiger charge is 2.14. The van der Waals surface area contributed by atoms with Crippen LogP contribution in [0.15, 0.2) is 20.9 Å². The van der Waals surface area contributed by atoms with E-state index in [9.17, 15) is 0 Å². The van der Waals surface area contributed by atoms with Crippen LogP contribution in [-0.4, -0.2) is 44.1 Å². The number of halogens is 2. The number of hydrogen-bond donors (Lipinski definition) is 2. The zero-order chi connectivity index (χ0) is 15.8. The standard InChI is InChI=1S/C16H27BrN4S.HI/c1-13-6-10-21(11-7-13)9-3-8-19-16(18-2)20-12-14-4-5-15(17)22-14;/h4-5,13H,3,6-12H2,1-2H3,(H2,18,19,20);1H. The first kappa shape index (κ1) is 21.2. The average molecular weight is 515 g/mol. The summed E-state index contributed by atoms with van der Waals surface area (Å²) in [7, 11) is 1.83. The molecule has 0 spiro atoms. The monoisotopic (exact) mass is 514 g/mol. The molecule has 0 aliphatic carbocycles. The Morgan fingerprint density at radius 2 is 2.09 bits per heavy atom. The molecule has 4 nitrogen and oxygen atoms in total. The second kappa shape index (κ2) is 11.7. The molecule has 1 fully saturated rings. The third kappa shape index (κ3) is 8.18. The zero-order valence-electron chi connectivity index (χ0n) is 14.0. The Hall–Kier alpha value is 0.140. The van der Waals surface area contributed by atoms with E-state index >= 15 is 0 Å². The summed E-state index contributed by atoms with van der Waals surface area (Å²) in [5.41, 5.74) is 0. The molecule has 23 heavy (non-hydrogen) atoms. The number of nitrogens with zero attached hydrogens (tertiary/aromatic N) is 2. The van der Waals surface area contributed by atoms with Crippen LogP contribution in [0.4, 0.5) is 0 Å². The number of hydrogen-bond acceptors (Lipinski definition) is 3. The minimum atomic E-state index is 0. The lowest BCUT2D eigenvalue weighted by Gasteiger charge is -2.30. The molecule has 132 valence electrons. The highest BCUT2D eigenvalue weighted by atomic mass is 127. The molecule has 0 aromatic carbocycles. The van der Waals surface area contributed by atoms with E-state index in [1.165, 1.54) is 47.6 Å². The van der Waals surface area contributed by atoms with E-state index in [0.717, 1.165) is 25.0 Å². The van der Waals surface area contributed by atoms with Crippen molar-refractivity contribution in [3.05, 3.63) is 20.8 Å². The van der Waals surface area contributed by atoms with Crippen LogP contribution >= 0.6 is 51.2 Å². The molecule has 1 aromatic heterocycles. The Labute approximate surface area is 169 Å². The molecule has 1 saturated heterocycles. The van der Waals surface area contributed by atoms with Crippen LogP contribution in [0.2, 0.25) is 0 Å². The van der Waals surface area contributed by atoms with Gasteiger partial charge in [-0.3, -0.25) is 4.99 Å². The molecule has 1 aromatic rings. The second-order valence-corrected chi connectivity index (χ2v) is 8.48. The normalized spacial score (nSPS) is 16.9. The summed E-state index contributed by atoms with van der Waals surface area (Å²) in [5.74, 6) is 1.80. The predicted octanol–water partition coefficient (Wildman–Crippen LogP) is 3.92. The lowest BCUT2D eigenvalue weighted by molar-refractivity contribution is 0.191. The van der Waals surface area contributed by atoms with Gasteiger partial charge in [0.1, 0.15) is 0 Å². The van der Waals surface area contributed by atoms with Gasteiger partial charge in [-0.05, 0) is 72.9 Å². The topological polar surface area (TPSA) is 39.7 Å². The molecule has 0 unspecified atom stereocenters. The van der Waals surface area contributed by atoms with Gasteiger partial charge in [0.15, 0.2) is 5.96 Å². The lowest BCUT2D eigenvalue weighted by atomic mass is 9.99. The van der Waals surface area contributed by atoms with Gasteiger partial charge in [-0.1, -0.05) is 6.92 Å². The van der Waals surface area contributed by atoms with Gasteiger partial charge in [0, 0.05) is 18.5 Å². The molecular weight excluding hydrogens is 487 g/mol. The van der Waals surface area contributed by atoms with E-state index in [1.807, 2.05) is 7.05 Å². The van der Waals surface area contributed by atoms with Crippen LogP contribution in [0.25, 0.3) is 0 Å². The fourth-order valence-electron chi connectivity index (χ4n) is 2.63. The first-order chi connectivity index (χ1) is 10.7. The van der Waals surface area contributed by atoms with Gasteiger partial charge >= 0.3 is 0 Å². The Balaban J connectivity index is 0.00000264. The molecule has 0 saturated carbocycles. The summed E-state index contributed by atoms with van der Waals surface area (Å²) in [6.07, 6.45) is 3.87.